The third-order valence-corrected chi connectivity index (χ3v) is 6.77. The highest BCUT2D eigenvalue weighted by molar-refractivity contribution is 6.10. The van der Waals surface area contributed by atoms with Crippen molar-refractivity contribution in [2.45, 2.75) is 58.3 Å². The van der Waals surface area contributed by atoms with Crippen molar-refractivity contribution in [3.05, 3.63) is 71.4 Å². The second-order valence-corrected chi connectivity index (χ2v) is 9.11. The number of nitrogens with one attached hydrogen (secondary N) is 1. The normalized spacial score (nSPS) is 14.8. The van der Waals surface area contributed by atoms with Crippen molar-refractivity contribution < 1.29 is 4.79 Å². The van der Waals surface area contributed by atoms with Gasteiger partial charge in [0.1, 0.15) is 0 Å². The Balaban J connectivity index is 0.00000306. The summed E-state index contributed by atoms with van der Waals surface area (Å²) in [5, 5.41) is 1.22. The van der Waals surface area contributed by atoms with Crippen molar-refractivity contribution in [1.29, 1.82) is 0 Å². The highest BCUT2D eigenvalue weighted by Crippen LogP contribution is 2.35. The lowest BCUT2D eigenvalue weighted by molar-refractivity contribution is 0.103. The molecule has 1 aliphatic rings. The molecule has 1 aromatic heterocycles. The van der Waals surface area contributed by atoms with E-state index in [4.69, 9.17) is 0 Å². The molecule has 0 unspecified atom stereocenters. The Morgan fingerprint density at radius 2 is 1.73 bits per heavy atom. The first kappa shape index (κ1) is 25.3. The molecule has 0 spiro atoms. The number of likely N-dealkylation sites (tertiary alicyclic amines) is 1. The molecule has 2 aromatic carbocycles. The van der Waals surface area contributed by atoms with Gasteiger partial charge in [-0.1, -0.05) is 57.0 Å². The molecule has 4 rings (SSSR count). The zero-order valence-corrected chi connectivity index (χ0v) is 20.9. The molecule has 4 nitrogen and oxygen atoms in total. The molecule has 178 valence electrons. The van der Waals surface area contributed by atoms with Crippen molar-refractivity contribution in [2.75, 3.05) is 31.6 Å². The number of hydrogen-bond acceptors (Lipinski definition) is 3. The lowest BCUT2D eigenvalue weighted by Gasteiger charge is -2.32. The highest BCUT2D eigenvalue weighted by Gasteiger charge is 2.24. The Kier molecular flexibility index (Phi) is 9.40. The number of rotatable bonds is 10. The first-order valence-electron chi connectivity index (χ1n) is 12.4. The van der Waals surface area contributed by atoms with Gasteiger partial charge < -0.3 is 10.3 Å². The summed E-state index contributed by atoms with van der Waals surface area (Å²) < 4.78 is 2.18. The summed E-state index contributed by atoms with van der Waals surface area (Å²) in [6.45, 7) is 8.97. The molecule has 0 aliphatic carbocycles. The van der Waals surface area contributed by atoms with Gasteiger partial charge >= 0.3 is 0 Å². The summed E-state index contributed by atoms with van der Waals surface area (Å²) in [4.78, 5) is 15.7. The predicted octanol–water partition coefficient (Wildman–Crippen LogP) is 6.62. The van der Waals surface area contributed by atoms with E-state index >= 15 is 0 Å². The summed E-state index contributed by atoms with van der Waals surface area (Å²) in [5.74, 6) is 0.644. The Hall–Kier alpha value is -2.30. The van der Waals surface area contributed by atoms with Crippen LogP contribution >= 0.6 is 12.4 Å². The molecule has 0 radical (unpaired) electrons. The number of carbonyl (C=O) groups excluding carboxylic acids is 1. The van der Waals surface area contributed by atoms with Crippen molar-refractivity contribution in [3.8, 4) is 0 Å². The number of nitrogens with zero attached hydrogens (tertiary/aromatic N) is 2. The van der Waals surface area contributed by atoms with E-state index in [1.807, 2.05) is 36.4 Å². The third-order valence-electron chi connectivity index (χ3n) is 6.77. The number of unbranched alkanes of at least 4 members (excludes halogenated alkanes) is 2. The Bertz CT molecular complexity index is 1020. The van der Waals surface area contributed by atoms with Crippen LogP contribution < -0.4 is 5.43 Å². The number of carbonyl (C=O) groups is 1. The minimum Gasteiger partial charge on any atom is -0.326 e. The molecule has 2 heterocycles. The second-order valence-electron chi connectivity index (χ2n) is 9.11. The van der Waals surface area contributed by atoms with Crippen molar-refractivity contribution in [1.82, 2.24) is 9.58 Å². The molecule has 0 amide bonds. The van der Waals surface area contributed by atoms with Crippen LogP contribution in [-0.2, 0) is 0 Å². The van der Waals surface area contributed by atoms with Crippen LogP contribution in [0.15, 0.2) is 54.7 Å². The van der Waals surface area contributed by atoms with Gasteiger partial charge in [0.25, 0.3) is 0 Å². The number of fused-ring (bicyclic) bond motifs is 1. The summed E-state index contributed by atoms with van der Waals surface area (Å²) in [6.07, 6.45) is 9.67. The highest BCUT2D eigenvalue weighted by atomic mass is 35.5. The fourth-order valence-corrected chi connectivity index (χ4v) is 4.89. The van der Waals surface area contributed by atoms with E-state index in [1.165, 1.54) is 68.2 Å². The largest absolute Gasteiger partial charge is 0.326 e. The molecule has 1 fully saturated rings. The molecule has 0 bridgehead atoms. The maximum absolute atomic E-state index is 13.1. The van der Waals surface area contributed by atoms with Crippen LogP contribution in [0.1, 0.15) is 79.8 Å². The number of halogens is 1. The number of piperidine rings is 1. The van der Waals surface area contributed by atoms with Gasteiger partial charge in [-0.05, 0) is 75.0 Å². The van der Waals surface area contributed by atoms with Gasteiger partial charge in [0, 0.05) is 29.3 Å². The first-order chi connectivity index (χ1) is 15.7. The van der Waals surface area contributed by atoms with Gasteiger partial charge in [0.15, 0.2) is 5.78 Å². The predicted molar refractivity (Wildman–Crippen MR) is 142 cm³/mol. The van der Waals surface area contributed by atoms with E-state index in [-0.39, 0.29) is 18.2 Å². The maximum Gasteiger partial charge on any atom is 0.193 e. The lowest BCUT2D eigenvalue weighted by atomic mass is 9.88. The topological polar surface area (TPSA) is 37.3 Å². The van der Waals surface area contributed by atoms with E-state index in [9.17, 15) is 4.79 Å². The first-order valence-corrected chi connectivity index (χ1v) is 12.4. The Morgan fingerprint density at radius 1 is 0.970 bits per heavy atom. The number of aromatic nitrogens is 1. The maximum atomic E-state index is 13.1. The number of benzene rings is 2. The molecule has 0 saturated carbocycles. The molecule has 0 atom stereocenters. The van der Waals surface area contributed by atoms with Crippen LogP contribution in [0.3, 0.4) is 0 Å². The van der Waals surface area contributed by atoms with E-state index in [0.29, 0.717) is 5.92 Å². The standard InChI is InChI=1S/C28H37N3O.ClH/c1-3-5-9-17-30-18-14-22(15-19-30)26-21-31(29-16-4-2)27-13-12-24(20-25(26)27)28(32)23-10-7-6-8-11-23;/h6-8,10-13,20-22,29H,3-5,9,14-19H2,1-2H3;1H. The van der Waals surface area contributed by atoms with E-state index in [0.717, 1.165) is 24.1 Å². The monoisotopic (exact) mass is 467 g/mol. The van der Waals surface area contributed by atoms with Crippen LogP contribution in [-0.4, -0.2) is 41.5 Å². The summed E-state index contributed by atoms with van der Waals surface area (Å²) in [5.41, 5.74) is 7.62. The van der Waals surface area contributed by atoms with E-state index < -0.39 is 0 Å². The van der Waals surface area contributed by atoms with Crippen molar-refractivity contribution in [2.24, 2.45) is 0 Å². The minimum atomic E-state index is 0. The fraction of sp³-hybridized carbons (Fsp3) is 0.464. The quantitative estimate of drug-likeness (QED) is 0.269. The van der Waals surface area contributed by atoms with Crippen LogP contribution in [0.4, 0.5) is 0 Å². The van der Waals surface area contributed by atoms with Crippen LogP contribution in [0, 0.1) is 0 Å². The molecule has 1 saturated heterocycles. The number of ketones is 1. The Labute approximate surface area is 204 Å². The molecule has 33 heavy (non-hydrogen) atoms. The van der Waals surface area contributed by atoms with Crippen LogP contribution in [0.2, 0.25) is 0 Å². The fourth-order valence-electron chi connectivity index (χ4n) is 4.89. The molecular formula is C28H38ClN3O. The molecule has 1 N–H and O–H groups in total. The molecule has 3 aromatic rings. The summed E-state index contributed by atoms with van der Waals surface area (Å²) >= 11 is 0. The minimum absolute atomic E-state index is 0. The molecule has 5 heteroatoms. The smallest absolute Gasteiger partial charge is 0.193 e. The van der Waals surface area contributed by atoms with Gasteiger partial charge in [-0.15, -0.1) is 12.4 Å². The summed E-state index contributed by atoms with van der Waals surface area (Å²) in [7, 11) is 0. The van der Waals surface area contributed by atoms with Gasteiger partial charge in [0.2, 0.25) is 0 Å². The zero-order valence-electron chi connectivity index (χ0n) is 20.1. The van der Waals surface area contributed by atoms with E-state index in [1.54, 1.807) is 0 Å². The zero-order chi connectivity index (χ0) is 22.3. The third kappa shape index (κ3) is 5.99. The van der Waals surface area contributed by atoms with Crippen molar-refractivity contribution in [3.63, 3.8) is 0 Å². The summed E-state index contributed by atoms with van der Waals surface area (Å²) in [6, 6.07) is 15.8. The molecular weight excluding hydrogens is 430 g/mol. The van der Waals surface area contributed by atoms with Crippen LogP contribution in [0.5, 0.6) is 0 Å². The SMILES string of the molecule is CCCCCN1CCC(c2cn(NCCC)c3ccc(C(=O)c4ccccc4)cc23)CC1.Cl. The van der Waals surface area contributed by atoms with Gasteiger partial charge in [-0.2, -0.15) is 0 Å². The van der Waals surface area contributed by atoms with Crippen molar-refractivity contribution >= 4 is 29.1 Å². The average Bonchev–Trinajstić information content (AvgIpc) is 3.21. The Morgan fingerprint density at radius 3 is 2.42 bits per heavy atom. The lowest BCUT2D eigenvalue weighted by Crippen LogP contribution is -2.33. The van der Waals surface area contributed by atoms with Gasteiger partial charge in [-0.3, -0.25) is 9.47 Å². The van der Waals surface area contributed by atoms with Crippen LogP contribution in [0.25, 0.3) is 10.9 Å². The van der Waals surface area contributed by atoms with Gasteiger partial charge in [-0.25, -0.2) is 0 Å². The molecule has 1 aliphatic heterocycles. The number of hydrogen-bond donors (Lipinski definition) is 1. The van der Waals surface area contributed by atoms with Gasteiger partial charge in [0.05, 0.1) is 5.52 Å². The second kappa shape index (κ2) is 12.2. The van der Waals surface area contributed by atoms with E-state index in [2.05, 4.69) is 47.2 Å². The average molecular weight is 468 g/mol.